The van der Waals surface area contributed by atoms with Gasteiger partial charge in [-0.25, -0.2) is 4.79 Å². The summed E-state index contributed by atoms with van der Waals surface area (Å²) in [5.74, 6) is -0.105. The van der Waals surface area contributed by atoms with E-state index in [1.165, 1.54) is 51.4 Å². The summed E-state index contributed by atoms with van der Waals surface area (Å²) in [6.07, 6.45) is 15.6. The molecule has 1 N–H and O–H groups in total. The first-order valence-electron chi connectivity index (χ1n) is 10.5. The lowest BCUT2D eigenvalue weighted by atomic mass is 10.0. The molecule has 2 aromatic carbocycles. The van der Waals surface area contributed by atoms with E-state index in [1.54, 1.807) is 18.4 Å². The third-order valence-corrected chi connectivity index (χ3v) is 4.84. The van der Waals surface area contributed by atoms with Crippen LogP contribution < -0.4 is 4.74 Å². The van der Waals surface area contributed by atoms with E-state index in [1.807, 2.05) is 36.4 Å². The number of aromatic carboxylic acids is 1. The predicted molar refractivity (Wildman–Crippen MR) is 116 cm³/mol. The maximum atomic E-state index is 10.9. The molecule has 2 rings (SSSR count). The maximum absolute atomic E-state index is 10.9. The minimum atomic E-state index is -0.908. The summed E-state index contributed by atoms with van der Waals surface area (Å²) in [6.45, 7) is 2.25. The van der Waals surface area contributed by atoms with Gasteiger partial charge in [0.15, 0.2) is 0 Å². The smallest absolute Gasteiger partial charge is 0.335 e. The van der Waals surface area contributed by atoms with Crippen LogP contribution in [0.4, 0.5) is 0 Å². The molecule has 2 aromatic rings. The number of hydrogen-bond acceptors (Lipinski definition) is 2. The highest BCUT2D eigenvalue weighted by atomic mass is 16.5. The standard InChI is InChI=1S/C25H32O3/c1-2-3-4-5-6-7-8-9-10-11-20-28-24-18-16-22(17-19-24)21-12-14-23(15-13-21)25(26)27/h11-20H,2-10H2,1H3,(H,26,27). The van der Waals surface area contributed by atoms with Gasteiger partial charge in [0.1, 0.15) is 5.75 Å². The number of carbonyl (C=O) groups is 1. The van der Waals surface area contributed by atoms with Crippen molar-refractivity contribution >= 4 is 5.97 Å². The van der Waals surface area contributed by atoms with Crippen LogP contribution in [0.15, 0.2) is 60.9 Å². The first kappa shape index (κ1) is 21.7. The Labute approximate surface area is 169 Å². The number of ether oxygens (including phenoxy) is 1. The van der Waals surface area contributed by atoms with E-state index in [2.05, 4.69) is 13.0 Å². The monoisotopic (exact) mass is 380 g/mol. The molecule has 0 aliphatic heterocycles. The van der Waals surface area contributed by atoms with Crippen LogP contribution >= 0.6 is 0 Å². The van der Waals surface area contributed by atoms with Gasteiger partial charge in [-0.3, -0.25) is 0 Å². The topological polar surface area (TPSA) is 46.5 Å². The minimum Gasteiger partial charge on any atom is -0.478 e. The van der Waals surface area contributed by atoms with Crippen LogP contribution in [0.5, 0.6) is 5.75 Å². The minimum absolute atomic E-state index is 0.297. The normalized spacial score (nSPS) is 11.0. The van der Waals surface area contributed by atoms with Crippen LogP contribution in [0.2, 0.25) is 0 Å². The average Bonchev–Trinajstić information content (AvgIpc) is 2.72. The van der Waals surface area contributed by atoms with Crippen molar-refractivity contribution in [3.63, 3.8) is 0 Å². The average molecular weight is 381 g/mol. The van der Waals surface area contributed by atoms with E-state index >= 15 is 0 Å². The van der Waals surface area contributed by atoms with Crippen molar-refractivity contribution in [3.8, 4) is 16.9 Å². The molecule has 3 nitrogen and oxygen atoms in total. The Bertz CT molecular complexity index is 714. The molecule has 0 radical (unpaired) electrons. The van der Waals surface area contributed by atoms with Gasteiger partial charge >= 0.3 is 5.97 Å². The van der Waals surface area contributed by atoms with Gasteiger partial charge in [0, 0.05) is 0 Å². The van der Waals surface area contributed by atoms with Crippen LogP contribution in [-0.2, 0) is 0 Å². The molecule has 28 heavy (non-hydrogen) atoms. The molecular formula is C25H32O3. The van der Waals surface area contributed by atoms with E-state index in [0.29, 0.717) is 5.56 Å². The zero-order valence-corrected chi connectivity index (χ0v) is 16.9. The summed E-state index contributed by atoms with van der Waals surface area (Å²) in [5, 5.41) is 8.96. The van der Waals surface area contributed by atoms with E-state index in [4.69, 9.17) is 9.84 Å². The zero-order chi connectivity index (χ0) is 20.0. The van der Waals surface area contributed by atoms with Crippen molar-refractivity contribution in [2.75, 3.05) is 0 Å². The summed E-state index contributed by atoms with van der Waals surface area (Å²) in [7, 11) is 0. The third kappa shape index (κ3) is 7.99. The summed E-state index contributed by atoms with van der Waals surface area (Å²) < 4.78 is 5.66. The van der Waals surface area contributed by atoms with Crippen molar-refractivity contribution in [2.45, 2.75) is 64.7 Å². The van der Waals surface area contributed by atoms with Crippen molar-refractivity contribution in [2.24, 2.45) is 0 Å². The van der Waals surface area contributed by atoms with Gasteiger partial charge in [0.2, 0.25) is 0 Å². The highest BCUT2D eigenvalue weighted by molar-refractivity contribution is 5.88. The summed E-state index contributed by atoms with van der Waals surface area (Å²) in [6, 6.07) is 14.7. The van der Waals surface area contributed by atoms with Crippen LogP contribution in [0.3, 0.4) is 0 Å². The molecule has 0 amide bonds. The number of hydrogen-bond donors (Lipinski definition) is 1. The molecule has 0 saturated carbocycles. The fourth-order valence-corrected chi connectivity index (χ4v) is 3.12. The number of carboxylic acid groups (broad SMARTS) is 1. The fourth-order valence-electron chi connectivity index (χ4n) is 3.12. The number of allylic oxidation sites excluding steroid dienone is 1. The van der Waals surface area contributed by atoms with E-state index in [0.717, 1.165) is 23.3 Å². The molecule has 0 unspecified atom stereocenters. The molecule has 3 heteroatoms. The Balaban J connectivity index is 1.65. The first-order valence-corrected chi connectivity index (χ1v) is 10.5. The maximum Gasteiger partial charge on any atom is 0.335 e. The molecule has 0 heterocycles. The Morgan fingerprint density at radius 2 is 1.36 bits per heavy atom. The van der Waals surface area contributed by atoms with Gasteiger partial charge in [-0.15, -0.1) is 0 Å². The highest BCUT2D eigenvalue weighted by Gasteiger charge is 2.03. The number of unbranched alkanes of at least 4 members (excludes halogenated alkanes) is 8. The molecule has 0 atom stereocenters. The molecule has 0 fully saturated rings. The second-order valence-electron chi connectivity index (χ2n) is 7.16. The van der Waals surface area contributed by atoms with Gasteiger partial charge in [0.25, 0.3) is 0 Å². The molecule has 0 saturated heterocycles. The molecule has 0 bridgehead atoms. The summed E-state index contributed by atoms with van der Waals surface area (Å²) >= 11 is 0. The largest absolute Gasteiger partial charge is 0.478 e. The Hall–Kier alpha value is -2.55. The van der Waals surface area contributed by atoms with Crippen LogP contribution in [0, 0.1) is 0 Å². The van der Waals surface area contributed by atoms with Crippen molar-refractivity contribution < 1.29 is 14.6 Å². The van der Waals surface area contributed by atoms with Gasteiger partial charge in [-0.05, 0) is 54.3 Å². The summed E-state index contributed by atoms with van der Waals surface area (Å²) in [4.78, 5) is 10.9. The highest BCUT2D eigenvalue weighted by Crippen LogP contribution is 2.23. The molecule has 0 aromatic heterocycles. The second-order valence-corrected chi connectivity index (χ2v) is 7.16. The SMILES string of the molecule is CCCCCCCCCCC=COc1ccc(-c2ccc(C(=O)O)cc2)cc1. The van der Waals surface area contributed by atoms with E-state index < -0.39 is 5.97 Å². The van der Waals surface area contributed by atoms with Gasteiger partial charge in [-0.1, -0.05) is 76.1 Å². The molecule has 0 aliphatic rings. The second kappa shape index (κ2) is 12.8. The van der Waals surface area contributed by atoms with Gasteiger partial charge in [-0.2, -0.15) is 0 Å². The fraction of sp³-hybridized carbons (Fsp3) is 0.400. The Morgan fingerprint density at radius 3 is 1.93 bits per heavy atom. The van der Waals surface area contributed by atoms with Crippen LogP contribution in [-0.4, -0.2) is 11.1 Å². The summed E-state index contributed by atoms with van der Waals surface area (Å²) in [5.41, 5.74) is 2.32. The van der Waals surface area contributed by atoms with E-state index in [-0.39, 0.29) is 0 Å². The van der Waals surface area contributed by atoms with Gasteiger partial charge in [0.05, 0.1) is 11.8 Å². The number of carboxylic acids is 1. The number of rotatable bonds is 13. The third-order valence-electron chi connectivity index (χ3n) is 4.84. The lowest BCUT2D eigenvalue weighted by Gasteiger charge is -2.05. The van der Waals surface area contributed by atoms with Crippen LogP contribution in [0.1, 0.15) is 75.1 Å². The lowest BCUT2D eigenvalue weighted by molar-refractivity contribution is 0.0697. The Morgan fingerprint density at radius 1 is 0.821 bits per heavy atom. The number of benzene rings is 2. The first-order chi connectivity index (χ1) is 13.7. The zero-order valence-electron chi connectivity index (χ0n) is 16.9. The molecule has 150 valence electrons. The molecule has 0 aliphatic carbocycles. The molecular weight excluding hydrogens is 348 g/mol. The van der Waals surface area contributed by atoms with Gasteiger partial charge < -0.3 is 9.84 Å². The van der Waals surface area contributed by atoms with Crippen LogP contribution in [0.25, 0.3) is 11.1 Å². The van der Waals surface area contributed by atoms with Crippen molar-refractivity contribution in [1.29, 1.82) is 0 Å². The Kier molecular flexibility index (Phi) is 9.92. The quantitative estimate of drug-likeness (QED) is 0.289. The predicted octanol–water partition coefficient (Wildman–Crippen LogP) is 7.48. The van der Waals surface area contributed by atoms with E-state index in [9.17, 15) is 4.79 Å². The van der Waals surface area contributed by atoms with Crippen molar-refractivity contribution in [3.05, 3.63) is 66.4 Å². The molecule has 0 spiro atoms. The van der Waals surface area contributed by atoms with Crippen molar-refractivity contribution in [1.82, 2.24) is 0 Å². The lowest BCUT2D eigenvalue weighted by Crippen LogP contribution is -1.94.